The van der Waals surface area contributed by atoms with E-state index in [-0.39, 0.29) is 11.2 Å². The minimum Gasteiger partial charge on any atom is -0.503 e. The fourth-order valence-corrected chi connectivity index (χ4v) is 2.89. The van der Waals surface area contributed by atoms with E-state index >= 15 is 0 Å². The quantitative estimate of drug-likeness (QED) is 0.849. The van der Waals surface area contributed by atoms with Crippen molar-refractivity contribution in [2.45, 2.75) is 17.6 Å². The maximum atomic E-state index is 11.3. The minimum absolute atomic E-state index is 0.266. The molecular weight excluding hydrogens is 270 g/mol. The largest absolute Gasteiger partial charge is 0.503 e. The Morgan fingerprint density at radius 2 is 2.22 bits per heavy atom. The molecule has 1 aromatic heterocycles. The van der Waals surface area contributed by atoms with Crippen molar-refractivity contribution in [3.8, 4) is 5.75 Å². The summed E-state index contributed by atoms with van der Waals surface area (Å²) in [4.78, 5) is 15.2. The highest BCUT2D eigenvalue weighted by molar-refractivity contribution is 7.98. The molecule has 0 saturated carbocycles. The average molecular weight is 282 g/mol. The van der Waals surface area contributed by atoms with E-state index < -0.39 is 0 Å². The summed E-state index contributed by atoms with van der Waals surface area (Å²) in [6.07, 6.45) is 1.30. The standard InChI is InChI=1S/C13H12ClNO2S/c1-8-3-2-4-10(14)13(8)18-7-9-5-11(16)12(17)6-15-9/h2-6,17H,7H2,1H3,(H,15,16). The van der Waals surface area contributed by atoms with Gasteiger partial charge in [0.05, 0.1) is 5.02 Å². The lowest BCUT2D eigenvalue weighted by Gasteiger charge is -2.07. The lowest BCUT2D eigenvalue weighted by molar-refractivity contribution is 0.467. The van der Waals surface area contributed by atoms with Crippen LogP contribution in [0.25, 0.3) is 0 Å². The Morgan fingerprint density at radius 1 is 1.44 bits per heavy atom. The number of nitrogens with one attached hydrogen (secondary N) is 1. The Labute approximate surface area is 114 Å². The van der Waals surface area contributed by atoms with E-state index in [0.717, 1.165) is 16.2 Å². The summed E-state index contributed by atoms with van der Waals surface area (Å²) in [5.41, 5.74) is 1.48. The molecule has 0 amide bonds. The number of H-pyrrole nitrogens is 1. The zero-order valence-electron chi connectivity index (χ0n) is 9.74. The second-order valence-electron chi connectivity index (χ2n) is 3.88. The van der Waals surface area contributed by atoms with Gasteiger partial charge in [0.1, 0.15) is 0 Å². The van der Waals surface area contributed by atoms with Crippen molar-refractivity contribution in [3.63, 3.8) is 0 Å². The third-order valence-electron chi connectivity index (χ3n) is 2.49. The highest BCUT2D eigenvalue weighted by atomic mass is 35.5. The number of aromatic hydroxyl groups is 1. The van der Waals surface area contributed by atoms with Crippen molar-refractivity contribution in [1.82, 2.24) is 4.98 Å². The number of thioether (sulfide) groups is 1. The van der Waals surface area contributed by atoms with Gasteiger partial charge >= 0.3 is 0 Å². The molecule has 0 saturated heterocycles. The maximum absolute atomic E-state index is 11.3. The summed E-state index contributed by atoms with van der Waals surface area (Å²) in [5, 5.41) is 9.85. The Balaban J connectivity index is 2.16. The van der Waals surface area contributed by atoms with Crippen molar-refractivity contribution in [2.24, 2.45) is 0 Å². The van der Waals surface area contributed by atoms with E-state index in [2.05, 4.69) is 4.98 Å². The smallest absolute Gasteiger partial charge is 0.223 e. The van der Waals surface area contributed by atoms with Crippen molar-refractivity contribution < 1.29 is 5.11 Å². The van der Waals surface area contributed by atoms with Crippen LogP contribution in [-0.4, -0.2) is 10.1 Å². The second kappa shape index (κ2) is 5.50. The van der Waals surface area contributed by atoms with Gasteiger partial charge in [0.15, 0.2) is 5.75 Å². The van der Waals surface area contributed by atoms with Gasteiger partial charge in [-0.25, -0.2) is 0 Å². The first-order chi connectivity index (χ1) is 8.58. The van der Waals surface area contributed by atoms with Crippen LogP contribution in [0.15, 0.2) is 40.2 Å². The number of aromatic nitrogens is 1. The number of benzene rings is 1. The number of aryl methyl sites for hydroxylation is 1. The monoisotopic (exact) mass is 281 g/mol. The third kappa shape index (κ3) is 2.89. The van der Waals surface area contributed by atoms with Gasteiger partial charge in [0.2, 0.25) is 5.43 Å². The lowest BCUT2D eigenvalue weighted by Crippen LogP contribution is -2.01. The van der Waals surface area contributed by atoms with Gasteiger partial charge in [-0.1, -0.05) is 23.7 Å². The van der Waals surface area contributed by atoms with Crippen LogP contribution in [-0.2, 0) is 5.75 Å². The molecule has 2 rings (SSSR count). The molecule has 2 aromatic rings. The Morgan fingerprint density at radius 3 is 2.89 bits per heavy atom. The van der Waals surface area contributed by atoms with Crippen LogP contribution < -0.4 is 5.43 Å². The van der Waals surface area contributed by atoms with Crippen LogP contribution in [0.5, 0.6) is 5.75 Å². The number of halogens is 1. The highest BCUT2D eigenvalue weighted by Gasteiger charge is 2.06. The molecule has 0 bridgehead atoms. The molecule has 0 radical (unpaired) electrons. The predicted octanol–water partition coefficient (Wildman–Crippen LogP) is 3.33. The van der Waals surface area contributed by atoms with E-state index in [1.54, 1.807) is 11.8 Å². The normalized spacial score (nSPS) is 10.6. The van der Waals surface area contributed by atoms with E-state index in [4.69, 9.17) is 16.7 Å². The molecule has 1 aromatic carbocycles. The molecule has 0 fully saturated rings. The predicted molar refractivity (Wildman–Crippen MR) is 74.5 cm³/mol. The molecule has 18 heavy (non-hydrogen) atoms. The van der Waals surface area contributed by atoms with Crippen molar-refractivity contribution in [3.05, 3.63) is 57.0 Å². The van der Waals surface area contributed by atoms with Crippen LogP contribution in [0.3, 0.4) is 0 Å². The molecule has 0 atom stereocenters. The first-order valence-corrected chi connectivity index (χ1v) is 6.73. The molecule has 0 unspecified atom stereocenters. The Bertz CT molecular complexity index is 604. The van der Waals surface area contributed by atoms with Crippen LogP contribution in [0.4, 0.5) is 0 Å². The van der Waals surface area contributed by atoms with Gasteiger partial charge in [-0.2, -0.15) is 0 Å². The molecule has 0 aliphatic heterocycles. The molecule has 5 heteroatoms. The van der Waals surface area contributed by atoms with E-state index in [0.29, 0.717) is 10.8 Å². The van der Waals surface area contributed by atoms with E-state index in [1.165, 1.54) is 12.3 Å². The molecule has 94 valence electrons. The van der Waals surface area contributed by atoms with E-state index in [1.807, 2.05) is 25.1 Å². The van der Waals surface area contributed by atoms with Gasteiger partial charge in [-0.05, 0) is 18.6 Å². The number of rotatable bonds is 3. The van der Waals surface area contributed by atoms with Gasteiger partial charge in [-0.15, -0.1) is 11.8 Å². The van der Waals surface area contributed by atoms with Crippen LogP contribution in [0.1, 0.15) is 11.3 Å². The van der Waals surface area contributed by atoms with Crippen LogP contribution in [0, 0.1) is 6.92 Å². The fourth-order valence-electron chi connectivity index (χ4n) is 1.54. The van der Waals surface area contributed by atoms with Gasteiger partial charge in [-0.3, -0.25) is 4.79 Å². The van der Waals surface area contributed by atoms with Crippen molar-refractivity contribution in [2.75, 3.05) is 0 Å². The number of hydrogen-bond acceptors (Lipinski definition) is 3. The Kier molecular flexibility index (Phi) is 3.99. The zero-order chi connectivity index (χ0) is 13.1. The summed E-state index contributed by atoms with van der Waals surface area (Å²) in [6, 6.07) is 7.14. The third-order valence-corrected chi connectivity index (χ3v) is 4.20. The van der Waals surface area contributed by atoms with Gasteiger partial charge in [0, 0.05) is 28.6 Å². The number of hydrogen-bond donors (Lipinski definition) is 2. The molecule has 0 aliphatic rings. The molecule has 2 N–H and O–H groups in total. The maximum Gasteiger partial charge on any atom is 0.223 e. The van der Waals surface area contributed by atoms with Crippen molar-refractivity contribution >= 4 is 23.4 Å². The summed E-state index contributed by atoms with van der Waals surface area (Å²) >= 11 is 7.68. The summed E-state index contributed by atoms with van der Waals surface area (Å²) in [7, 11) is 0. The van der Waals surface area contributed by atoms with Gasteiger partial charge in [0.25, 0.3) is 0 Å². The number of aromatic amines is 1. The molecule has 1 heterocycles. The fraction of sp³-hybridized carbons (Fsp3) is 0.154. The topological polar surface area (TPSA) is 53.1 Å². The average Bonchev–Trinajstić information content (AvgIpc) is 2.33. The highest BCUT2D eigenvalue weighted by Crippen LogP contribution is 2.32. The second-order valence-corrected chi connectivity index (χ2v) is 5.28. The van der Waals surface area contributed by atoms with Crippen molar-refractivity contribution in [1.29, 1.82) is 0 Å². The van der Waals surface area contributed by atoms with Crippen LogP contribution in [0.2, 0.25) is 5.02 Å². The lowest BCUT2D eigenvalue weighted by atomic mass is 10.2. The molecular formula is C13H12ClNO2S. The van der Waals surface area contributed by atoms with Gasteiger partial charge < -0.3 is 10.1 Å². The molecule has 3 nitrogen and oxygen atoms in total. The zero-order valence-corrected chi connectivity index (χ0v) is 11.3. The summed E-state index contributed by atoms with van der Waals surface area (Å²) < 4.78 is 0. The minimum atomic E-state index is -0.375. The first-order valence-electron chi connectivity index (χ1n) is 5.36. The molecule has 0 aliphatic carbocycles. The first kappa shape index (κ1) is 13.1. The van der Waals surface area contributed by atoms with Crippen LogP contribution >= 0.6 is 23.4 Å². The summed E-state index contributed by atoms with van der Waals surface area (Å²) in [5.74, 6) is 0.331. The van der Waals surface area contributed by atoms with E-state index in [9.17, 15) is 4.79 Å². The Hall–Kier alpha value is -1.39. The summed E-state index contributed by atoms with van der Waals surface area (Å²) in [6.45, 7) is 1.99. The SMILES string of the molecule is Cc1cccc(Cl)c1SCc1cc(=O)c(O)c[nH]1. The number of pyridine rings is 1. The molecule has 0 spiro atoms.